The zero-order valence-corrected chi connectivity index (χ0v) is 20.6. The molecule has 1 saturated carbocycles. The van der Waals surface area contributed by atoms with Crippen molar-refractivity contribution < 1.29 is 15.0 Å². The van der Waals surface area contributed by atoms with Crippen LogP contribution in [0.3, 0.4) is 0 Å². The van der Waals surface area contributed by atoms with E-state index in [1.54, 1.807) is 12.4 Å². The number of aliphatic hydroxyl groups is 2. The van der Waals surface area contributed by atoms with Crippen LogP contribution in [0.4, 0.5) is 0 Å². The van der Waals surface area contributed by atoms with Crippen LogP contribution >= 0.6 is 0 Å². The fraction of sp³-hybridized carbons (Fsp3) is 0.467. The van der Waals surface area contributed by atoms with E-state index in [-0.39, 0.29) is 17.9 Å². The lowest BCUT2D eigenvalue weighted by Crippen LogP contribution is -2.22. The number of pyridine rings is 1. The second kappa shape index (κ2) is 12.3. The van der Waals surface area contributed by atoms with Gasteiger partial charge in [0.15, 0.2) is 0 Å². The van der Waals surface area contributed by atoms with Crippen molar-refractivity contribution in [2.24, 2.45) is 17.8 Å². The molecule has 2 aromatic rings. The first-order chi connectivity index (χ1) is 17.0. The van der Waals surface area contributed by atoms with Gasteiger partial charge < -0.3 is 15.5 Å². The predicted molar refractivity (Wildman–Crippen MR) is 138 cm³/mol. The summed E-state index contributed by atoms with van der Waals surface area (Å²) in [5.74, 6) is 1.04. The molecular weight excluding hydrogens is 436 g/mol. The van der Waals surface area contributed by atoms with Gasteiger partial charge in [-0.15, -0.1) is 0 Å². The van der Waals surface area contributed by atoms with Gasteiger partial charge in [-0.05, 0) is 74.1 Å². The molecule has 1 heterocycles. The average Bonchev–Trinajstić information content (AvgIpc) is 3.36. The van der Waals surface area contributed by atoms with Gasteiger partial charge in [0.25, 0.3) is 0 Å². The number of nitrogens with one attached hydrogen (secondary N) is 1. The predicted octanol–water partition coefficient (Wildman–Crippen LogP) is 4.67. The smallest absolute Gasteiger partial charge is 0.220 e. The Balaban J connectivity index is 1.17. The van der Waals surface area contributed by atoms with E-state index in [9.17, 15) is 15.0 Å². The van der Waals surface area contributed by atoms with Crippen molar-refractivity contribution in [3.8, 4) is 0 Å². The third-order valence-corrected chi connectivity index (χ3v) is 7.42. The van der Waals surface area contributed by atoms with Crippen LogP contribution in [0, 0.1) is 24.7 Å². The third kappa shape index (κ3) is 7.36. The van der Waals surface area contributed by atoms with Crippen molar-refractivity contribution in [1.29, 1.82) is 0 Å². The van der Waals surface area contributed by atoms with E-state index in [0.29, 0.717) is 31.2 Å². The first-order valence-electron chi connectivity index (χ1n) is 12.9. The van der Waals surface area contributed by atoms with Crippen LogP contribution in [-0.4, -0.2) is 33.3 Å². The molecule has 1 fully saturated rings. The number of carbonyl (C=O) groups is 1. The number of benzene rings is 1. The van der Waals surface area contributed by atoms with E-state index in [0.717, 1.165) is 43.2 Å². The van der Waals surface area contributed by atoms with Crippen LogP contribution in [0.25, 0.3) is 0 Å². The van der Waals surface area contributed by atoms with Gasteiger partial charge in [0.05, 0.1) is 12.2 Å². The Morgan fingerprint density at radius 1 is 1.20 bits per heavy atom. The first-order valence-corrected chi connectivity index (χ1v) is 12.9. The molecule has 0 unspecified atom stereocenters. The quantitative estimate of drug-likeness (QED) is 0.327. The van der Waals surface area contributed by atoms with Crippen LogP contribution in [0.1, 0.15) is 55.2 Å². The molecule has 1 amide bonds. The minimum Gasteiger partial charge on any atom is -0.392 e. The average molecular weight is 475 g/mol. The molecule has 0 saturated heterocycles. The number of aryl methyl sites for hydroxylation is 1. The van der Waals surface area contributed by atoms with Crippen LogP contribution in [-0.2, 0) is 17.8 Å². The van der Waals surface area contributed by atoms with E-state index in [2.05, 4.69) is 41.5 Å². The topological polar surface area (TPSA) is 82.5 Å². The highest BCUT2D eigenvalue weighted by atomic mass is 16.3. The second-order valence-corrected chi connectivity index (χ2v) is 10.2. The zero-order chi connectivity index (χ0) is 24.6. The highest BCUT2D eigenvalue weighted by molar-refractivity contribution is 5.75. The van der Waals surface area contributed by atoms with Gasteiger partial charge in [0.2, 0.25) is 5.91 Å². The first kappa shape index (κ1) is 25.3. The van der Waals surface area contributed by atoms with Gasteiger partial charge in [-0.2, -0.15) is 0 Å². The lowest BCUT2D eigenvalue weighted by Gasteiger charge is -2.19. The van der Waals surface area contributed by atoms with Gasteiger partial charge >= 0.3 is 0 Å². The standard InChI is InChI=1S/C30H38N2O3/c1-21-5-4-7-23(15-21)17-26(33)9-10-27-28-18-24(16-25(28)19-29(27)34)6-2-3-8-30(35)32-20-22-11-13-31-14-12-22/h4-5,7,9-16,25-29,33-34H,2-3,6,8,17-20H2,1H3,(H,32,35)/b10-9+/t25-,26-,27+,28-,29+/m0/s1. The van der Waals surface area contributed by atoms with Gasteiger partial charge in [-0.25, -0.2) is 0 Å². The number of rotatable bonds is 11. The molecule has 5 atom stereocenters. The summed E-state index contributed by atoms with van der Waals surface area (Å²) < 4.78 is 0. The van der Waals surface area contributed by atoms with Crippen molar-refractivity contribution in [2.45, 2.75) is 70.6 Å². The fourth-order valence-electron chi connectivity index (χ4n) is 5.62. The van der Waals surface area contributed by atoms with E-state index >= 15 is 0 Å². The summed E-state index contributed by atoms with van der Waals surface area (Å²) >= 11 is 0. The molecule has 4 rings (SSSR count). The molecule has 186 valence electrons. The summed E-state index contributed by atoms with van der Waals surface area (Å²) in [6, 6.07) is 12.1. The fourth-order valence-corrected chi connectivity index (χ4v) is 5.62. The van der Waals surface area contributed by atoms with Crippen LogP contribution < -0.4 is 5.32 Å². The molecule has 0 radical (unpaired) electrons. The molecule has 0 bridgehead atoms. The number of allylic oxidation sites excluding steroid dienone is 2. The normalized spacial score (nSPS) is 24.4. The molecule has 1 aromatic heterocycles. The largest absolute Gasteiger partial charge is 0.392 e. The van der Waals surface area contributed by atoms with Crippen molar-refractivity contribution in [2.75, 3.05) is 0 Å². The van der Waals surface area contributed by atoms with Crippen molar-refractivity contribution in [3.63, 3.8) is 0 Å². The highest BCUT2D eigenvalue weighted by Gasteiger charge is 2.43. The minimum absolute atomic E-state index is 0.0941. The number of aliphatic hydroxyl groups excluding tert-OH is 2. The Labute approximate surface area is 209 Å². The maximum absolute atomic E-state index is 12.1. The molecule has 0 aliphatic heterocycles. The maximum Gasteiger partial charge on any atom is 0.220 e. The minimum atomic E-state index is -0.540. The van der Waals surface area contributed by atoms with Crippen LogP contribution in [0.5, 0.6) is 0 Å². The molecule has 2 aliphatic carbocycles. The number of amides is 1. The lowest BCUT2D eigenvalue weighted by atomic mass is 9.88. The molecule has 3 N–H and O–H groups in total. The van der Waals surface area contributed by atoms with E-state index in [4.69, 9.17) is 0 Å². The Hall–Kier alpha value is -2.76. The Kier molecular flexibility index (Phi) is 8.89. The number of hydrogen-bond donors (Lipinski definition) is 3. The van der Waals surface area contributed by atoms with Gasteiger partial charge in [-0.1, -0.05) is 53.6 Å². The summed E-state index contributed by atoms with van der Waals surface area (Å²) in [7, 11) is 0. The van der Waals surface area contributed by atoms with Crippen LogP contribution in [0.2, 0.25) is 0 Å². The Morgan fingerprint density at radius 2 is 2.03 bits per heavy atom. The second-order valence-electron chi connectivity index (χ2n) is 10.2. The summed E-state index contributed by atoms with van der Waals surface area (Å²) in [5, 5.41) is 24.1. The van der Waals surface area contributed by atoms with Crippen LogP contribution in [0.15, 0.2) is 72.6 Å². The van der Waals surface area contributed by atoms with E-state index < -0.39 is 6.10 Å². The molecule has 5 nitrogen and oxygen atoms in total. The molecule has 2 aliphatic rings. The molecule has 1 aromatic carbocycles. The number of nitrogens with zero attached hydrogens (tertiary/aromatic N) is 1. The number of carbonyl (C=O) groups excluding carboxylic acids is 1. The van der Waals surface area contributed by atoms with E-state index in [1.165, 1.54) is 11.1 Å². The van der Waals surface area contributed by atoms with Crippen molar-refractivity contribution in [1.82, 2.24) is 10.3 Å². The molecule has 0 spiro atoms. The summed E-state index contributed by atoms with van der Waals surface area (Å²) in [6.07, 6.45) is 14.8. The highest BCUT2D eigenvalue weighted by Crippen LogP contribution is 2.48. The number of unbranched alkanes of at least 4 members (excludes halogenated alkanes) is 1. The van der Waals surface area contributed by atoms with Crippen molar-refractivity contribution >= 4 is 5.91 Å². The number of hydrogen-bond acceptors (Lipinski definition) is 4. The summed E-state index contributed by atoms with van der Waals surface area (Å²) in [4.78, 5) is 16.1. The number of aromatic nitrogens is 1. The summed E-state index contributed by atoms with van der Waals surface area (Å²) in [5.41, 5.74) is 4.85. The molecule has 5 heteroatoms. The monoisotopic (exact) mass is 474 g/mol. The SMILES string of the molecule is Cc1cccc(C[C@@H](O)/C=C/[C@@H]2[C@H]3CC(CCCCC(=O)NCc4ccncc4)=C[C@H]3C[C@H]2O)c1. The molecule has 35 heavy (non-hydrogen) atoms. The van der Waals surface area contributed by atoms with Gasteiger partial charge in [0.1, 0.15) is 0 Å². The van der Waals surface area contributed by atoms with E-state index in [1.807, 2.05) is 30.3 Å². The number of fused-ring (bicyclic) bond motifs is 1. The Bertz CT molecular complexity index is 1030. The van der Waals surface area contributed by atoms with Gasteiger partial charge in [-0.3, -0.25) is 9.78 Å². The van der Waals surface area contributed by atoms with Crippen molar-refractivity contribution in [3.05, 3.63) is 89.3 Å². The zero-order valence-electron chi connectivity index (χ0n) is 20.6. The summed E-state index contributed by atoms with van der Waals surface area (Å²) in [6.45, 7) is 2.61. The molecular formula is C30H38N2O3. The Morgan fingerprint density at radius 3 is 2.83 bits per heavy atom. The van der Waals surface area contributed by atoms with Gasteiger partial charge in [0, 0.05) is 37.7 Å². The third-order valence-electron chi connectivity index (χ3n) is 7.42. The maximum atomic E-state index is 12.1. The lowest BCUT2D eigenvalue weighted by molar-refractivity contribution is -0.121.